The van der Waals surface area contributed by atoms with Crippen molar-refractivity contribution in [3.8, 4) is 0 Å². The fourth-order valence-corrected chi connectivity index (χ4v) is 1.69. The highest BCUT2D eigenvalue weighted by atomic mass is 16.5. The zero-order valence-electron chi connectivity index (χ0n) is 11.6. The topological polar surface area (TPSA) is 74.7 Å². The number of likely N-dealkylation sites (N-methyl/N-ethyl adjacent to an activating group) is 1. The molecule has 1 heterocycles. The van der Waals surface area contributed by atoms with Gasteiger partial charge in [0.05, 0.1) is 19.3 Å². The van der Waals surface area contributed by atoms with Gasteiger partial charge in [-0.1, -0.05) is 6.07 Å². The minimum Gasteiger partial charge on any atom is -0.389 e. The normalized spacial score (nSPS) is 12.0. The van der Waals surface area contributed by atoms with Gasteiger partial charge in [-0.3, -0.25) is 4.79 Å². The van der Waals surface area contributed by atoms with E-state index in [4.69, 9.17) is 4.74 Å². The van der Waals surface area contributed by atoms with Crippen LogP contribution < -0.4 is 10.2 Å². The van der Waals surface area contributed by atoms with Gasteiger partial charge < -0.3 is 20.1 Å². The lowest BCUT2D eigenvalue weighted by Gasteiger charge is -2.21. The minimum absolute atomic E-state index is 0.109. The molecule has 0 saturated carbocycles. The molecule has 0 saturated heterocycles. The number of carbonyl (C=O) groups excluding carboxylic acids is 1. The number of ether oxygens (including phenoxy) is 1. The Morgan fingerprint density at radius 2 is 2.37 bits per heavy atom. The smallest absolute Gasteiger partial charge is 0.239 e. The zero-order valence-corrected chi connectivity index (χ0v) is 11.6. The summed E-state index contributed by atoms with van der Waals surface area (Å²) in [5, 5.41) is 12.4. The number of nitrogens with zero attached hydrogens (tertiary/aromatic N) is 2. The number of hydrogen-bond donors (Lipinski definition) is 2. The molecule has 0 fully saturated rings. The van der Waals surface area contributed by atoms with E-state index in [9.17, 15) is 9.90 Å². The van der Waals surface area contributed by atoms with Crippen LogP contribution in [0.15, 0.2) is 18.3 Å². The molecule has 6 nitrogen and oxygen atoms in total. The van der Waals surface area contributed by atoms with Crippen LogP contribution in [-0.4, -0.2) is 49.9 Å². The highest BCUT2D eigenvalue weighted by Gasteiger charge is 2.14. The van der Waals surface area contributed by atoms with E-state index in [1.54, 1.807) is 44.3 Å². The lowest BCUT2D eigenvalue weighted by atomic mass is 10.1. The molecule has 0 aromatic carbocycles. The lowest BCUT2D eigenvalue weighted by Crippen LogP contribution is -2.37. The number of rotatable bonds is 7. The van der Waals surface area contributed by atoms with Crippen LogP contribution in [0, 0.1) is 0 Å². The van der Waals surface area contributed by atoms with E-state index in [0.717, 1.165) is 0 Å². The van der Waals surface area contributed by atoms with Gasteiger partial charge in [0.1, 0.15) is 5.82 Å². The Bertz CT molecular complexity index is 410. The number of hydrogen-bond acceptors (Lipinski definition) is 5. The summed E-state index contributed by atoms with van der Waals surface area (Å²) < 4.78 is 4.86. The number of nitrogens with one attached hydrogen (secondary N) is 1. The van der Waals surface area contributed by atoms with Crippen molar-refractivity contribution < 1.29 is 14.6 Å². The zero-order chi connectivity index (χ0) is 14.3. The Balaban J connectivity index is 2.62. The largest absolute Gasteiger partial charge is 0.389 e. The first kappa shape index (κ1) is 15.4. The third-order valence-electron chi connectivity index (χ3n) is 2.64. The fraction of sp³-hybridized carbons (Fsp3) is 0.538. The van der Waals surface area contributed by atoms with Crippen LogP contribution >= 0.6 is 0 Å². The van der Waals surface area contributed by atoms with Crippen LogP contribution in [0.4, 0.5) is 5.82 Å². The molecule has 106 valence electrons. The molecule has 0 aliphatic heterocycles. The molecule has 2 N–H and O–H groups in total. The number of aromatic nitrogens is 1. The first-order valence-electron chi connectivity index (χ1n) is 6.16. The number of aliphatic hydroxyl groups is 1. The highest BCUT2D eigenvalue weighted by Crippen LogP contribution is 2.22. The van der Waals surface area contributed by atoms with Gasteiger partial charge in [-0.15, -0.1) is 0 Å². The van der Waals surface area contributed by atoms with Gasteiger partial charge in [-0.25, -0.2) is 4.98 Å². The molecule has 1 aromatic heterocycles. The van der Waals surface area contributed by atoms with Crippen LogP contribution in [0.1, 0.15) is 18.6 Å². The van der Waals surface area contributed by atoms with Gasteiger partial charge in [-0.05, 0) is 13.0 Å². The maximum atomic E-state index is 11.7. The van der Waals surface area contributed by atoms with Crippen molar-refractivity contribution >= 4 is 11.7 Å². The standard InChI is InChI=1S/C13H21N3O3/c1-10(17)11-5-4-6-15-13(11)16(2)9-12(18)14-7-8-19-3/h4-6,10,17H,7-9H2,1-3H3,(H,14,18). The van der Waals surface area contributed by atoms with Crippen LogP contribution in [0.25, 0.3) is 0 Å². The van der Waals surface area contributed by atoms with Crippen molar-refractivity contribution in [1.82, 2.24) is 10.3 Å². The number of anilines is 1. The third-order valence-corrected chi connectivity index (χ3v) is 2.64. The van der Waals surface area contributed by atoms with Crippen molar-refractivity contribution in [2.75, 3.05) is 38.8 Å². The molecular weight excluding hydrogens is 246 g/mol. The van der Waals surface area contributed by atoms with Crippen LogP contribution in [-0.2, 0) is 9.53 Å². The Morgan fingerprint density at radius 1 is 1.63 bits per heavy atom. The van der Waals surface area contributed by atoms with E-state index >= 15 is 0 Å². The van der Waals surface area contributed by atoms with Crippen molar-refractivity contribution in [1.29, 1.82) is 0 Å². The van der Waals surface area contributed by atoms with Gasteiger partial charge in [0.15, 0.2) is 0 Å². The van der Waals surface area contributed by atoms with Crippen molar-refractivity contribution in [2.24, 2.45) is 0 Å². The summed E-state index contributed by atoms with van der Waals surface area (Å²) in [6, 6.07) is 3.56. The molecule has 1 atom stereocenters. The minimum atomic E-state index is -0.622. The second-order valence-electron chi connectivity index (χ2n) is 4.29. The number of carbonyl (C=O) groups is 1. The molecule has 0 bridgehead atoms. The molecule has 1 aromatic rings. The summed E-state index contributed by atoms with van der Waals surface area (Å²) in [5.41, 5.74) is 0.703. The van der Waals surface area contributed by atoms with E-state index < -0.39 is 6.10 Å². The molecule has 0 aliphatic rings. The average Bonchev–Trinajstić information content (AvgIpc) is 2.39. The Hall–Kier alpha value is -1.66. The first-order valence-corrected chi connectivity index (χ1v) is 6.16. The summed E-state index contributed by atoms with van der Waals surface area (Å²) in [6.45, 7) is 2.82. The highest BCUT2D eigenvalue weighted by molar-refractivity contribution is 5.81. The number of methoxy groups -OCH3 is 1. The van der Waals surface area contributed by atoms with Gasteiger partial charge in [0, 0.05) is 32.5 Å². The average molecular weight is 267 g/mol. The summed E-state index contributed by atoms with van der Waals surface area (Å²) in [5.74, 6) is 0.501. The molecule has 1 unspecified atom stereocenters. The van der Waals surface area contributed by atoms with E-state index in [1.165, 1.54) is 0 Å². The Labute approximate surface area is 113 Å². The maximum absolute atomic E-state index is 11.7. The molecule has 1 amide bonds. The summed E-state index contributed by atoms with van der Waals surface area (Å²) in [4.78, 5) is 17.6. The van der Waals surface area contributed by atoms with E-state index in [2.05, 4.69) is 10.3 Å². The summed E-state index contributed by atoms with van der Waals surface area (Å²) in [7, 11) is 3.35. The van der Waals surface area contributed by atoms with E-state index in [0.29, 0.717) is 24.5 Å². The fourth-order valence-electron chi connectivity index (χ4n) is 1.69. The molecule has 0 radical (unpaired) electrons. The number of pyridine rings is 1. The quantitative estimate of drug-likeness (QED) is 0.697. The first-order chi connectivity index (χ1) is 9.06. The summed E-state index contributed by atoms with van der Waals surface area (Å²) >= 11 is 0. The molecule has 0 aliphatic carbocycles. The van der Waals surface area contributed by atoms with Crippen molar-refractivity contribution in [2.45, 2.75) is 13.0 Å². The monoisotopic (exact) mass is 267 g/mol. The van der Waals surface area contributed by atoms with Crippen molar-refractivity contribution in [3.63, 3.8) is 0 Å². The number of aliphatic hydroxyl groups excluding tert-OH is 1. The summed E-state index contributed by atoms with van der Waals surface area (Å²) in [6.07, 6.45) is 1.02. The SMILES string of the molecule is COCCNC(=O)CN(C)c1ncccc1C(C)O. The Morgan fingerprint density at radius 3 is 3.00 bits per heavy atom. The van der Waals surface area contributed by atoms with Gasteiger partial charge >= 0.3 is 0 Å². The van der Waals surface area contributed by atoms with E-state index in [1.807, 2.05) is 0 Å². The molecule has 1 rings (SSSR count). The molecule has 6 heteroatoms. The molecular formula is C13H21N3O3. The number of amides is 1. The van der Waals surface area contributed by atoms with Gasteiger partial charge in [0.25, 0.3) is 0 Å². The van der Waals surface area contributed by atoms with Crippen LogP contribution in [0.3, 0.4) is 0 Å². The molecule has 0 spiro atoms. The molecule has 19 heavy (non-hydrogen) atoms. The maximum Gasteiger partial charge on any atom is 0.239 e. The third kappa shape index (κ3) is 4.84. The predicted octanol–water partition coefficient (Wildman–Crippen LogP) is 0.334. The van der Waals surface area contributed by atoms with Crippen molar-refractivity contribution in [3.05, 3.63) is 23.9 Å². The lowest BCUT2D eigenvalue weighted by molar-refractivity contribution is -0.119. The van der Waals surface area contributed by atoms with Gasteiger partial charge in [0.2, 0.25) is 5.91 Å². The van der Waals surface area contributed by atoms with Crippen LogP contribution in [0.5, 0.6) is 0 Å². The van der Waals surface area contributed by atoms with Crippen LogP contribution in [0.2, 0.25) is 0 Å². The Kier molecular flexibility index (Phi) is 6.24. The predicted molar refractivity (Wildman–Crippen MR) is 73.0 cm³/mol. The van der Waals surface area contributed by atoms with Gasteiger partial charge in [-0.2, -0.15) is 0 Å². The second kappa shape index (κ2) is 7.70. The van der Waals surface area contributed by atoms with E-state index in [-0.39, 0.29) is 12.5 Å². The second-order valence-corrected chi connectivity index (χ2v) is 4.29.